The molecule has 1 heterocycles. The Kier molecular flexibility index (Phi) is 5.15. The minimum absolute atomic E-state index is 0.439. The molecular formula is C12H20N4S. The predicted molar refractivity (Wildman–Crippen MR) is 74.3 cm³/mol. The lowest BCUT2D eigenvalue weighted by atomic mass is 10.2. The van der Waals surface area contributed by atoms with E-state index >= 15 is 0 Å². The molecule has 0 atom stereocenters. The van der Waals surface area contributed by atoms with E-state index in [0.29, 0.717) is 25.0 Å². The molecule has 17 heavy (non-hydrogen) atoms. The number of nitrogens with zero attached hydrogens (tertiary/aromatic N) is 2. The number of hydrogen-bond acceptors (Lipinski definition) is 3. The molecule has 4 nitrogen and oxygen atoms in total. The molecule has 0 amide bonds. The predicted octanol–water partition coefficient (Wildman–Crippen LogP) is 2.25. The van der Waals surface area contributed by atoms with Crippen LogP contribution in [0.15, 0.2) is 22.5 Å². The summed E-state index contributed by atoms with van der Waals surface area (Å²) in [6.07, 6.45) is 0. The average molecular weight is 252 g/mol. The highest BCUT2D eigenvalue weighted by molar-refractivity contribution is 7.09. The van der Waals surface area contributed by atoms with Crippen molar-refractivity contribution in [2.24, 2.45) is 10.7 Å². The van der Waals surface area contributed by atoms with E-state index in [1.165, 1.54) is 0 Å². The van der Waals surface area contributed by atoms with Gasteiger partial charge in [0.05, 0.1) is 12.2 Å². The van der Waals surface area contributed by atoms with Gasteiger partial charge in [0.1, 0.15) is 5.01 Å². The summed E-state index contributed by atoms with van der Waals surface area (Å²) < 4.78 is 0. The second-order valence-electron chi connectivity index (χ2n) is 4.33. The summed E-state index contributed by atoms with van der Waals surface area (Å²) in [6, 6.07) is 0. The van der Waals surface area contributed by atoms with Gasteiger partial charge in [-0.15, -0.1) is 11.3 Å². The van der Waals surface area contributed by atoms with E-state index < -0.39 is 0 Å². The third kappa shape index (κ3) is 4.99. The van der Waals surface area contributed by atoms with Crippen LogP contribution >= 0.6 is 11.3 Å². The van der Waals surface area contributed by atoms with Crippen LogP contribution in [0.2, 0.25) is 0 Å². The maximum Gasteiger partial charge on any atom is 0.189 e. The summed E-state index contributed by atoms with van der Waals surface area (Å²) in [5, 5.41) is 6.06. The number of hydrogen-bond donors (Lipinski definition) is 2. The molecule has 0 bridgehead atoms. The minimum Gasteiger partial charge on any atom is -0.370 e. The van der Waals surface area contributed by atoms with Crippen molar-refractivity contribution in [3.05, 3.63) is 28.2 Å². The zero-order valence-electron chi connectivity index (χ0n) is 10.7. The molecule has 0 saturated heterocycles. The summed E-state index contributed by atoms with van der Waals surface area (Å²) >= 11 is 1.63. The Bertz CT molecular complexity index is 406. The fraction of sp³-hybridized carbons (Fsp3) is 0.500. The van der Waals surface area contributed by atoms with Crippen molar-refractivity contribution in [1.82, 2.24) is 10.3 Å². The zero-order chi connectivity index (χ0) is 12.8. The minimum atomic E-state index is 0.439. The Hall–Kier alpha value is -1.36. The number of nitrogens with one attached hydrogen (secondary N) is 1. The average Bonchev–Trinajstić information content (AvgIpc) is 2.72. The van der Waals surface area contributed by atoms with Crippen LogP contribution in [0.3, 0.4) is 0 Å². The number of nitrogens with two attached hydrogens (primary N) is 1. The largest absolute Gasteiger partial charge is 0.370 e. The maximum atomic E-state index is 5.71. The first-order valence-corrected chi connectivity index (χ1v) is 6.49. The third-order valence-electron chi connectivity index (χ3n) is 2.12. The SMILES string of the molecule is C=C(C)CNC(N)=NCc1nc(C(C)C)cs1. The lowest BCUT2D eigenvalue weighted by molar-refractivity contribution is 0.820. The first kappa shape index (κ1) is 13.7. The summed E-state index contributed by atoms with van der Waals surface area (Å²) in [7, 11) is 0. The maximum absolute atomic E-state index is 5.71. The topological polar surface area (TPSA) is 63.3 Å². The van der Waals surface area contributed by atoms with Crippen LogP contribution in [0.5, 0.6) is 0 Å². The fourth-order valence-corrected chi connectivity index (χ4v) is 1.99. The standard InChI is InChI=1S/C12H20N4S/c1-8(2)5-14-12(13)15-6-11-16-10(7-17-11)9(3)4/h7,9H,1,5-6H2,2-4H3,(H3,13,14,15). The number of aromatic nitrogens is 1. The van der Waals surface area contributed by atoms with Gasteiger partial charge in [0.15, 0.2) is 5.96 Å². The van der Waals surface area contributed by atoms with Crippen molar-refractivity contribution in [1.29, 1.82) is 0 Å². The highest BCUT2D eigenvalue weighted by atomic mass is 32.1. The second-order valence-corrected chi connectivity index (χ2v) is 5.28. The Morgan fingerprint density at radius 2 is 2.35 bits per heavy atom. The molecule has 1 aromatic rings. The van der Waals surface area contributed by atoms with Crippen molar-refractivity contribution in [3.63, 3.8) is 0 Å². The second kappa shape index (κ2) is 6.39. The van der Waals surface area contributed by atoms with Gasteiger partial charge in [-0.1, -0.05) is 26.0 Å². The molecule has 0 fully saturated rings. The molecule has 3 N–H and O–H groups in total. The molecule has 1 aromatic heterocycles. The van der Waals surface area contributed by atoms with E-state index in [4.69, 9.17) is 5.73 Å². The van der Waals surface area contributed by atoms with Crippen molar-refractivity contribution >= 4 is 17.3 Å². The molecule has 0 radical (unpaired) electrons. The third-order valence-corrected chi connectivity index (χ3v) is 2.97. The highest BCUT2D eigenvalue weighted by Gasteiger charge is 2.04. The van der Waals surface area contributed by atoms with Gasteiger partial charge in [-0.25, -0.2) is 9.98 Å². The van der Waals surface area contributed by atoms with Gasteiger partial charge in [-0.05, 0) is 12.8 Å². The van der Waals surface area contributed by atoms with Crippen molar-refractivity contribution < 1.29 is 0 Å². The van der Waals surface area contributed by atoms with Gasteiger partial charge in [-0.2, -0.15) is 0 Å². The van der Waals surface area contributed by atoms with Gasteiger partial charge in [0, 0.05) is 11.9 Å². The van der Waals surface area contributed by atoms with E-state index in [9.17, 15) is 0 Å². The Labute approximate surface area is 107 Å². The summed E-state index contributed by atoms with van der Waals surface area (Å²) in [5.41, 5.74) is 7.86. The van der Waals surface area contributed by atoms with Crippen LogP contribution < -0.4 is 11.1 Å². The summed E-state index contributed by atoms with van der Waals surface area (Å²) in [6.45, 7) is 11.2. The van der Waals surface area contributed by atoms with E-state index in [0.717, 1.165) is 16.3 Å². The zero-order valence-corrected chi connectivity index (χ0v) is 11.5. The van der Waals surface area contributed by atoms with Crippen LogP contribution in [0.25, 0.3) is 0 Å². The molecule has 0 aliphatic carbocycles. The molecule has 0 aromatic carbocycles. The lowest BCUT2D eigenvalue weighted by Gasteiger charge is -2.03. The van der Waals surface area contributed by atoms with Gasteiger partial charge in [0.25, 0.3) is 0 Å². The highest BCUT2D eigenvalue weighted by Crippen LogP contribution is 2.18. The molecule has 0 aliphatic heterocycles. The van der Waals surface area contributed by atoms with Crippen LogP contribution in [0.4, 0.5) is 0 Å². The molecule has 0 saturated carbocycles. The van der Waals surface area contributed by atoms with Gasteiger partial charge >= 0.3 is 0 Å². The van der Waals surface area contributed by atoms with Gasteiger partial charge in [0.2, 0.25) is 0 Å². The fourth-order valence-electron chi connectivity index (χ4n) is 1.11. The van der Waals surface area contributed by atoms with E-state index in [-0.39, 0.29) is 0 Å². The Balaban J connectivity index is 2.47. The van der Waals surface area contributed by atoms with Gasteiger partial charge < -0.3 is 11.1 Å². The van der Waals surface area contributed by atoms with Crippen molar-refractivity contribution in [2.45, 2.75) is 33.2 Å². The number of guanidine groups is 1. The van der Waals surface area contributed by atoms with Crippen LogP contribution in [-0.4, -0.2) is 17.5 Å². The normalized spacial score (nSPS) is 11.9. The number of aliphatic imine (C=N–C) groups is 1. The quantitative estimate of drug-likeness (QED) is 0.480. The van der Waals surface area contributed by atoms with E-state index in [1.54, 1.807) is 11.3 Å². The molecule has 1 rings (SSSR count). The van der Waals surface area contributed by atoms with Crippen LogP contribution in [0, 0.1) is 0 Å². The molecule has 0 spiro atoms. The molecule has 5 heteroatoms. The van der Waals surface area contributed by atoms with Crippen LogP contribution in [-0.2, 0) is 6.54 Å². The summed E-state index contributed by atoms with van der Waals surface area (Å²) in [4.78, 5) is 8.72. The Morgan fingerprint density at radius 1 is 1.65 bits per heavy atom. The number of rotatable bonds is 5. The molecule has 94 valence electrons. The van der Waals surface area contributed by atoms with Crippen molar-refractivity contribution in [2.75, 3.05) is 6.54 Å². The van der Waals surface area contributed by atoms with Gasteiger partial charge in [-0.3, -0.25) is 0 Å². The lowest BCUT2D eigenvalue weighted by Crippen LogP contribution is -2.32. The van der Waals surface area contributed by atoms with Crippen molar-refractivity contribution in [3.8, 4) is 0 Å². The Morgan fingerprint density at radius 3 is 2.88 bits per heavy atom. The van der Waals surface area contributed by atoms with Crippen LogP contribution in [0.1, 0.15) is 37.4 Å². The van der Waals surface area contributed by atoms with E-state index in [2.05, 4.69) is 41.1 Å². The molecular weight excluding hydrogens is 232 g/mol. The smallest absolute Gasteiger partial charge is 0.189 e. The first-order valence-electron chi connectivity index (χ1n) is 5.61. The summed E-state index contributed by atoms with van der Waals surface area (Å²) in [5.74, 6) is 0.900. The first-order chi connectivity index (χ1) is 7.99. The number of thiazole rings is 1. The molecule has 0 aliphatic rings. The van der Waals surface area contributed by atoms with E-state index in [1.807, 2.05) is 6.92 Å². The monoisotopic (exact) mass is 252 g/mol. The molecule has 0 unspecified atom stereocenters.